The maximum atomic E-state index is 9.79. The second-order valence-electron chi connectivity index (χ2n) is 4.27. The lowest BCUT2D eigenvalue weighted by Crippen LogP contribution is -1.93. The fourth-order valence-corrected chi connectivity index (χ4v) is 1.86. The summed E-state index contributed by atoms with van der Waals surface area (Å²) in [4.78, 5) is 0. The molecule has 0 saturated carbocycles. The third-order valence-corrected chi connectivity index (χ3v) is 2.86. The lowest BCUT2D eigenvalue weighted by molar-refractivity contribution is 0.451. The van der Waals surface area contributed by atoms with Gasteiger partial charge in [-0.2, -0.15) is 0 Å². The summed E-state index contributed by atoms with van der Waals surface area (Å²) in [5, 5.41) is 36.3. The Hall–Kier alpha value is -3.02. The Labute approximate surface area is 114 Å². The molecule has 6 nitrogen and oxygen atoms in total. The predicted molar refractivity (Wildman–Crippen MR) is 71.8 cm³/mol. The van der Waals surface area contributed by atoms with E-state index in [1.54, 1.807) is 36.5 Å². The van der Waals surface area contributed by atoms with Gasteiger partial charge in [-0.25, -0.2) is 4.68 Å². The van der Waals surface area contributed by atoms with E-state index in [4.69, 9.17) is 0 Å². The molecule has 1 heterocycles. The fourth-order valence-electron chi connectivity index (χ4n) is 1.86. The van der Waals surface area contributed by atoms with Crippen LogP contribution in [0.5, 0.6) is 17.2 Å². The Morgan fingerprint density at radius 1 is 0.850 bits per heavy atom. The summed E-state index contributed by atoms with van der Waals surface area (Å²) in [5.41, 5.74) is 1.70. The number of benzene rings is 2. The molecule has 0 aliphatic rings. The van der Waals surface area contributed by atoms with Crippen LogP contribution in [0.25, 0.3) is 16.9 Å². The zero-order valence-electron chi connectivity index (χ0n) is 10.3. The van der Waals surface area contributed by atoms with Crippen LogP contribution in [-0.2, 0) is 0 Å². The largest absolute Gasteiger partial charge is 0.508 e. The summed E-state index contributed by atoms with van der Waals surface area (Å²) in [6, 6.07) is 10.8. The summed E-state index contributed by atoms with van der Waals surface area (Å²) in [7, 11) is 0. The van der Waals surface area contributed by atoms with Gasteiger partial charge in [0, 0.05) is 11.6 Å². The van der Waals surface area contributed by atoms with Gasteiger partial charge in [-0.05, 0) is 36.4 Å². The van der Waals surface area contributed by atoms with Crippen molar-refractivity contribution in [1.82, 2.24) is 15.0 Å². The summed E-state index contributed by atoms with van der Waals surface area (Å²) in [6.45, 7) is 0. The molecular formula is C14H11N3O3. The predicted octanol–water partition coefficient (Wildman–Crippen LogP) is 2.05. The molecule has 0 unspecified atom stereocenters. The van der Waals surface area contributed by atoms with Crippen molar-refractivity contribution in [3.8, 4) is 34.2 Å². The van der Waals surface area contributed by atoms with Crippen LogP contribution < -0.4 is 0 Å². The van der Waals surface area contributed by atoms with E-state index in [0.29, 0.717) is 11.3 Å². The summed E-state index contributed by atoms with van der Waals surface area (Å²) in [5.74, 6) is 0.0881. The van der Waals surface area contributed by atoms with Gasteiger partial charge in [0.1, 0.15) is 22.9 Å². The molecule has 0 spiro atoms. The first kappa shape index (κ1) is 12.0. The molecular weight excluding hydrogens is 258 g/mol. The molecule has 0 saturated heterocycles. The summed E-state index contributed by atoms with van der Waals surface area (Å²) < 4.78 is 1.53. The third kappa shape index (κ3) is 2.14. The van der Waals surface area contributed by atoms with Gasteiger partial charge in [0.05, 0.1) is 11.9 Å². The number of hydrogen-bond acceptors (Lipinski definition) is 5. The van der Waals surface area contributed by atoms with E-state index in [9.17, 15) is 15.3 Å². The van der Waals surface area contributed by atoms with E-state index in [0.717, 1.165) is 5.69 Å². The van der Waals surface area contributed by atoms with Crippen LogP contribution in [0.3, 0.4) is 0 Å². The van der Waals surface area contributed by atoms with E-state index < -0.39 is 0 Å². The van der Waals surface area contributed by atoms with Gasteiger partial charge in [0.2, 0.25) is 0 Å². The van der Waals surface area contributed by atoms with Gasteiger partial charge >= 0.3 is 0 Å². The van der Waals surface area contributed by atoms with Crippen LogP contribution in [0.4, 0.5) is 0 Å². The number of aromatic hydroxyl groups is 3. The Kier molecular flexibility index (Phi) is 2.76. The van der Waals surface area contributed by atoms with Crippen molar-refractivity contribution in [3.05, 3.63) is 48.7 Å². The highest BCUT2D eigenvalue weighted by molar-refractivity contribution is 5.67. The number of hydrogen-bond donors (Lipinski definition) is 3. The molecule has 6 heteroatoms. The number of phenols is 3. The van der Waals surface area contributed by atoms with Gasteiger partial charge in [-0.1, -0.05) is 5.21 Å². The standard InChI is InChI=1S/C14H11N3O3/c18-10-3-1-9(2-4-10)17-8-13(15-16-17)12-6-5-11(19)7-14(12)20/h1-8,18-20H. The van der Waals surface area contributed by atoms with E-state index in [2.05, 4.69) is 10.3 Å². The molecule has 1 aromatic heterocycles. The highest BCUT2D eigenvalue weighted by Gasteiger charge is 2.10. The maximum absolute atomic E-state index is 9.79. The minimum atomic E-state index is -0.0669. The molecule has 3 rings (SSSR count). The van der Waals surface area contributed by atoms with Gasteiger partial charge in [-0.3, -0.25) is 0 Å². The van der Waals surface area contributed by atoms with Crippen LogP contribution >= 0.6 is 0 Å². The monoisotopic (exact) mass is 269 g/mol. The van der Waals surface area contributed by atoms with Crippen LogP contribution in [0.15, 0.2) is 48.7 Å². The molecule has 0 aliphatic heterocycles. The minimum Gasteiger partial charge on any atom is -0.508 e. The average molecular weight is 269 g/mol. The van der Waals surface area contributed by atoms with Gasteiger partial charge in [0.15, 0.2) is 0 Å². The molecule has 0 amide bonds. The van der Waals surface area contributed by atoms with Crippen molar-refractivity contribution >= 4 is 0 Å². The van der Waals surface area contributed by atoms with Crippen LogP contribution in [0, 0.1) is 0 Å². The van der Waals surface area contributed by atoms with Gasteiger partial charge in [-0.15, -0.1) is 5.10 Å². The zero-order valence-corrected chi connectivity index (χ0v) is 10.3. The highest BCUT2D eigenvalue weighted by atomic mass is 16.3. The third-order valence-electron chi connectivity index (χ3n) is 2.86. The van der Waals surface area contributed by atoms with Crippen molar-refractivity contribution in [2.24, 2.45) is 0 Å². The fraction of sp³-hybridized carbons (Fsp3) is 0. The van der Waals surface area contributed by atoms with E-state index in [-0.39, 0.29) is 17.2 Å². The van der Waals surface area contributed by atoms with E-state index in [1.807, 2.05) is 0 Å². The van der Waals surface area contributed by atoms with Crippen molar-refractivity contribution in [2.75, 3.05) is 0 Å². The first-order chi connectivity index (χ1) is 9.63. The SMILES string of the molecule is Oc1ccc(-n2cc(-c3ccc(O)cc3O)nn2)cc1. The Balaban J connectivity index is 1.99. The molecule has 0 radical (unpaired) electrons. The smallest absolute Gasteiger partial charge is 0.128 e. The topological polar surface area (TPSA) is 91.4 Å². The average Bonchev–Trinajstić information content (AvgIpc) is 2.89. The molecule has 3 aromatic rings. The Bertz CT molecular complexity index is 751. The molecule has 100 valence electrons. The maximum Gasteiger partial charge on any atom is 0.128 e. The molecule has 3 N–H and O–H groups in total. The van der Waals surface area contributed by atoms with E-state index >= 15 is 0 Å². The van der Waals surface area contributed by atoms with E-state index in [1.165, 1.54) is 16.8 Å². The molecule has 0 bridgehead atoms. The first-order valence-electron chi connectivity index (χ1n) is 5.87. The van der Waals surface area contributed by atoms with Crippen molar-refractivity contribution in [2.45, 2.75) is 0 Å². The quantitative estimate of drug-likeness (QED) is 0.662. The number of aromatic nitrogens is 3. The first-order valence-corrected chi connectivity index (χ1v) is 5.87. The minimum absolute atomic E-state index is 0.0165. The van der Waals surface area contributed by atoms with Crippen LogP contribution in [0.2, 0.25) is 0 Å². The second kappa shape index (κ2) is 4.58. The number of nitrogens with zero attached hydrogens (tertiary/aromatic N) is 3. The summed E-state index contributed by atoms with van der Waals surface area (Å²) in [6.07, 6.45) is 1.65. The van der Waals surface area contributed by atoms with Gasteiger partial charge < -0.3 is 15.3 Å². The van der Waals surface area contributed by atoms with Crippen molar-refractivity contribution < 1.29 is 15.3 Å². The molecule has 2 aromatic carbocycles. The molecule has 0 atom stereocenters. The Morgan fingerprint density at radius 3 is 2.25 bits per heavy atom. The summed E-state index contributed by atoms with van der Waals surface area (Å²) >= 11 is 0. The highest BCUT2D eigenvalue weighted by Crippen LogP contribution is 2.30. The lowest BCUT2D eigenvalue weighted by Gasteiger charge is -2.01. The lowest BCUT2D eigenvalue weighted by atomic mass is 10.1. The normalized spacial score (nSPS) is 10.6. The van der Waals surface area contributed by atoms with Crippen molar-refractivity contribution in [1.29, 1.82) is 0 Å². The second-order valence-corrected chi connectivity index (χ2v) is 4.27. The number of rotatable bonds is 2. The molecule has 20 heavy (non-hydrogen) atoms. The van der Waals surface area contributed by atoms with Gasteiger partial charge in [0.25, 0.3) is 0 Å². The molecule has 0 aliphatic carbocycles. The molecule has 0 fully saturated rings. The van der Waals surface area contributed by atoms with Crippen LogP contribution in [-0.4, -0.2) is 30.3 Å². The van der Waals surface area contributed by atoms with Crippen molar-refractivity contribution in [3.63, 3.8) is 0 Å². The Morgan fingerprint density at radius 2 is 1.55 bits per heavy atom. The zero-order chi connectivity index (χ0) is 14.1. The number of phenolic OH excluding ortho intramolecular Hbond substituents is 3. The van der Waals surface area contributed by atoms with Crippen LogP contribution in [0.1, 0.15) is 0 Å².